The van der Waals surface area contributed by atoms with Crippen molar-refractivity contribution in [3.8, 4) is 0 Å². The summed E-state index contributed by atoms with van der Waals surface area (Å²) in [6.45, 7) is 1.45. The van der Waals surface area contributed by atoms with Crippen LogP contribution in [0.4, 0.5) is 0 Å². The minimum absolute atomic E-state index is 0.0113. The number of fused-ring (bicyclic) bond motifs is 1. The highest BCUT2D eigenvalue weighted by Gasteiger charge is 2.19. The minimum Gasteiger partial charge on any atom is -0.305 e. The quantitative estimate of drug-likeness (QED) is 0.609. The first-order valence-electron chi connectivity index (χ1n) is 4.54. The van der Waals surface area contributed by atoms with Gasteiger partial charge in [0.25, 0.3) is 15.7 Å². The summed E-state index contributed by atoms with van der Waals surface area (Å²) in [6.07, 6.45) is 0. The molecule has 17 heavy (non-hydrogen) atoms. The monoisotopic (exact) mass is 256 g/mol. The summed E-state index contributed by atoms with van der Waals surface area (Å²) in [5, 5.41) is -0.0113. The van der Waals surface area contributed by atoms with Gasteiger partial charge >= 0.3 is 5.69 Å². The van der Waals surface area contributed by atoms with Gasteiger partial charge in [0.1, 0.15) is 4.90 Å². The van der Waals surface area contributed by atoms with Gasteiger partial charge in [0, 0.05) is 0 Å². The highest BCUT2D eigenvalue weighted by Crippen LogP contribution is 2.21. The zero-order valence-electron chi connectivity index (χ0n) is 8.64. The van der Waals surface area contributed by atoms with Gasteiger partial charge in [0.15, 0.2) is 0 Å². The van der Waals surface area contributed by atoms with E-state index in [1.165, 1.54) is 19.1 Å². The molecule has 8 heteroatoms. The number of H-pyrrole nitrogens is 2. The van der Waals surface area contributed by atoms with Gasteiger partial charge < -0.3 is 4.98 Å². The molecule has 0 saturated heterocycles. The average Bonchev–Trinajstić information content (AvgIpc) is 2.13. The van der Waals surface area contributed by atoms with Crippen LogP contribution >= 0.6 is 0 Å². The summed E-state index contributed by atoms with van der Waals surface area (Å²) >= 11 is 0. The molecule has 0 fully saturated rings. The maximum Gasteiger partial charge on any atom is 0.326 e. The van der Waals surface area contributed by atoms with Gasteiger partial charge in [-0.15, -0.1) is 0 Å². The molecule has 0 aliphatic rings. The van der Waals surface area contributed by atoms with Crippen molar-refractivity contribution in [2.24, 2.45) is 0 Å². The molecule has 0 amide bonds. The lowest BCUT2D eigenvalue weighted by Gasteiger charge is -2.05. The molecule has 7 nitrogen and oxygen atoms in total. The molecule has 0 radical (unpaired) electrons. The van der Waals surface area contributed by atoms with Crippen LogP contribution in [-0.2, 0) is 10.1 Å². The number of benzene rings is 1. The topological polar surface area (TPSA) is 120 Å². The van der Waals surface area contributed by atoms with E-state index in [0.29, 0.717) is 0 Å². The summed E-state index contributed by atoms with van der Waals surface area (Å²) in [6, 6.07) is 2.74. The van der Waals surface area contributed by atoms with E-state index in [2.05, 4.69) is 4.98 Å². The smallest absolute Gasteiger partial charge is 0.305 e. The molecule has 0 spiro atoms. The van der Waals surface area contributed by atoms with Crippen molar-refractivity contribution in [2.75, 3.05) is 0 Å². The first-order chi connectivity index (χ1) is 7.80. The van der Waals surface area contributed by atoms with Crippen LogP contribution in [-0.4, -0.2) is 22.9 Å². The first kappa shape index (κ1) is 11.6. The van der Waals surface area contributed by atoms with Gasteiger partial charge in [-0.25, -0.2) is 4.79 Å². The number of aromatic amines is 2. The summed E-state index contributed by atoms with van der Waals surface area (Å²) < 4.78 is 31.5. The van der Waals surface area contributed by atoms with E-state index in [-0.39, 0.29) is 16.5 Å². The highest BCUT2D eigenvalue weighted by atomic mass is 32.2. The molecular formula is C9H8N2O5S. The van der Waals surface area contributed by atoms with E-state index >= 15 is 0 Å². The van der Waals surface area contributed by atoms with Crippen LogP contribution in [0.3, 0.4) is 0 Å². The number of rotatable bonds is 1. The Morgan fingerprint density at radius 2 is 1.82 bits per heavy atom. The molecule has 1 aromatic heterocycles. The van der Waals surface area contributed by atoms with Gasteiger partial charge in [0.2, 0.25) is 0 Å². The molecule has 2 rings (SSSR count). The summed E-state index contributed by atoms with van der Waals surface area (Å²) in [5.74, 6) is 0. The molecule has 1 heterocycles. The molecule has 0 aliphatic heterocycles. The van der Waals surface area contributed by atoms with E-state index in [1.54, 1.807) is 0 Å². The molecule has 0 saturated carbocycles. The maximum atomic E-state index is 11.4. The third-order valence-corrected chi connectivity index (χ3v) is 3.36. The van der Waals surface area contributed by atoms with Gasteiger partial charge in [0.05, 0.1) is 10.9 Å². The predicted octanol–water partition coefficient (Wildman–Crippen LogP) is -0.228. The lowest BCUT2D eigenvalue weighted by molar-refractivity contribution is 0.483. The Kier molecular flexibility index (Phi) is 2.40. The lowest BCUT2D eigenvalue weighted by Crippen LogP contribution is -2.23. The van der Waals surface area contributed by atoms with Gasteiger partial charge in [-0.2, -0.15) is 8.42 Å². The second kappa shape index (κ2) is 3.54. The van der Waals surface area contributed by atoms with Gasteiger partial charge in [-0.3, -0.25) is 14.3 Å². The van der Waals surface area contributed by atoms with E-state index in [9.17, 15) is 18.0 Å². The zero-order chi connectivity index (χ0) is 12.8. The minimum atomic E-state index is -4.52. The van der Waals surface area contributed by atoms with Crippen LogP contribution < -0.4 is 11.2 Å². The third kappa shape index (κ3) is 1.87. The molecular weight excluding hydrogens is 248 g/mol. The molecule has 3 N–H and O–H groups in total. The second-order valence-corrected chi connectivity index (χ2v) is 4.88. The van der Waals surface area contributed by atoms with Crippen molar-refractivity contribution in [2.45, 2.75) is 11.8 Å². The number of aryl methyl sites for hydroxylation is 1. The molecule has 0 atom stereocenters. The Bertz CT molecular complexity index is 815. The summed E-state index contributed by atoms with van der Waals surface area (Å²) in [7, 11) is -4.52. The van der Waals surface area contributed by atoms with Crippen LogP contribution in [0, 0.1) is 6.92 Å². The Balaban J connectivity index is 3.17. The van der Waals surface area contributed by atoms with E-state index in [4.69, 9.17) is 4.55 Å². The van der Waals surface area contributed by atoms with Crippen LogP contribution in [0.15, 0.2) is 26.6 Å². The van der Waals surface area contributed by atoms with E-state index in [1.807, 2.05) is 4.98 Å². The molecule has 2 aromatic rings. The third-order valence-electron chi connectivity index (χ3n) is 2.32. The molecule has 90 valence electrons. The first-order valence-corrected chi connectivity index (χ1v) is 5.98. The molecule has 1 aromatic carbocycles. The number of hydrogen-bond donors (Lipinski definition) is 3. The van der Waals surface area contributed by atoms with Crippen molar-refractivity contribution in [3.63, 3.8) is 0 Å². The van der Waals surface area contributed by atoms with Crippen molar-refractivity contribution >= 4 is 21.0 Å². The fraction of sp³-hybridized carbons (Fsp3) is 0.111. The number of hydrogen-bond acceptors (Lipinski definition) is 4. The predicted molar refractivity (Wildman–Crippen MR) is 59.7 cm³/mol. The van der Waals surface area contributed by atoms with Crippen LogP contribution in [0.5, 0.6) is 0 Å². The second-order valence-electron chi connectivity index (χ2n) is 3.52. The van der Waals surface area contributed by atoms with Crippen molar-refractivity contribution in [3.05, 3.63) is 38.5 Å². The lowest BCUT2D eigenvalue weighted by atomic mass is 10.2. The Hall–Kier alpha value is -1.93. The zero-order valence-corrected chi connectivity index (χ0v) is 9.46. The maximum absolute atomic E-state index is 11.4. The summed E-state index contributed by atoms with van der Waals surface area (Å²) in [5.41, 5.74) is -1.51. The Labute approximate surface area is 94.9 Å². The fourth-order valence-electron chi connectivity index (χ4n) is 1.65. The molecule has 0 aliphatic carbocycles. The van der Waals surface area contributed by atoms with Gasteiger partial charge in [-0.05, 0) is 18.6 Å². The highest BCUT2D eigenvalue weighted by molar-refractivity contribution is 7.86. The van der Waals surface area contributed by atoms with Crippen LogP contribution in [0.1, 0.15) is 5.56 Å². The average molecular weight is 256 g/mol. The van der Waals surface area contributed by atoms with Crippen molar-refractivity contribution in [1.29, 1.82) is 0 Å². The van der Waals surface area contributed by atoms with Gasteiger partial charge in [-0.1, -0.05) is 6.07 Å². The standard InChI is InChI=1S/C9H8N2O5S/c1-4-2-3-5-6(7(4)17(14,15)16)10-9(13)11-8(5)12/h2-3H,1H3,(H,14,15,16)(H2,10,11,12,13). The normalized spacial score (nSPS) is 11.9. The number of nitrogens with one attached hydrogen (secondary N) is 2. The Morgan fingerprint density at radius 1 is 1.18 bits per heavy atom. The van der Waals surface area contributed by atoms with Crippen LogP contribution in [0.2, 0.25) is 0 Å². The van der Waals surface area contributed by atoms with E-state index < -0.39 is 26.3 Å². The van der Waals surface area contributed by atoms with Crippen LogP contribution in [0.25, 0.3) is 10.9 Å². The fourth-order valence-corrected chi connectivity index (χ4v) is 2.54. The van der Waals surface area contributed by atoms with E-state index in [0.717, 1.165) is 0 Å². The SMILES string of the molecule is Cc1ccc2c(=O)[nH]c(=O)[nH]c2c1S(=O)(=O)O. The Morgan fingerprint density at radius 3 is 2.41 bits per heavy atom. The molecule has 0 unspecified atom stereocenters. The van der Waals surface area contributed by atoms with Crippen molar-refractivity contribution in [1.82, 2.24) is 9.97 Å². The van der Waals surface area contributed by atoms with Crippen molar-refractivity contribution < 1.29 is 13.0 Å². The molecule has 0 bridgehead atoms. The largest absolute Gasteiger partial charge is 0.326 e. The summed E-state index contributed by atoms with van der Waals surface area (Å²) in [4.78, 5) is 26.2. The number of aromatic nitrogens is 2.